The standard InChI is InChI=1S/C19H26N4O5S.CHF3O3S/c1-18(20)15(29)11-22(19(18,2)16(24)21-9-3-4-10-21)17(25)28-12-13-5-7-14(8-6-13)23(26)27;2-1(3,4)8(5,6)7/h5-8,15,29H,3-4,9-12,20H2,1-2H3;(H,5,6,7)/t15-,18+,19+;/m0./s1. The first kappa shape index (κ1) is 30.6. The van der Waals surface area contributed by atoms with Crippen molar-refractivity contribution >= 4 is 40.4 Å². The largest absolute Gasteiger partial charge is 0.522 e. The van der Waals surface area contributed by atoms with Gasteiger partial charge in [0.2, 0.25) is 5.91 Å². The van der Waals surface area contributed by atoms with Crippen molar-refractivity contribution in [3.8, 4) is 0 Å². The summed E-state index contributed by atoms with van der Waals surface area (Å²) in [4.78, 5) is 39.6. The number of nitro groups is 1. The molecule has 37 heavy (non-hydrogen) atoms. The van der Waals surface area contributed by atoms with Gasteiger partial charge in [-0.3, -0.25) is 24.4 Å². The molecule has 17 heteroatoms. The Labute approximate surface area is 216 Å². The lowest BCUT2D eigenvalue weighted by atomic mass is 9.79. The Balaban J connectivity index is 0.000000521. The van der Waals surface area contributed by atoms with Crippen LogP contribution in [0.25, 0.3) is 0 Å². The predicted octanol–water partition coefficient (Wildman–Crippen LogP) is 2.34. The highest BCUT2D eigenvalue weighted by Crippen LogP contribution is 2.41. The first-order valence-electron chi connectivity index (χ1n) is 10.8. The van der Waals surface area contributed by atoms with Crippen molar-refractivity contribution in [2.45, 2.75) is 55.1 Å². The minimum absolute atomic E-state index is 0.0415. The molecule has 2 heterocycles. The summed E-state index contributed by atoms with van der Waals surface area (Å²) in [5.41, 5.74) is -0.780. The molecule has 0 aromatic heterocycles. The van der Waals surface area contributed by atoms with Crippen LogP contribution in [-0.4, -0.2) is 81.2 Å². The number of carbonyl (C=O) groups is 2. The second-order valence-electron chi connectivity index (χ2n) is 8.88. The van der Waals surface area contributed by atoms with Gasteiger partial charge in [0, 0.05) is 37.0 Å². The number of carbonyl (C=O) groups excluding carboxylic acids is 2. The predicted molar refractivity (Wildman–Crippen MR) is 127 cm³/mol. The Morgan fingerprint density at radius 1 is 1.24 bits per heavy atom. The van der Waals surface area contributed by atoms with Crippen molar-refractivity contribution in [3.63, 3.8) is 0 Å². The normalized spacial score (nSPS) is 25.9. The maximum absolute atomic E-state index is 13.3. The van der Waals surface area contributed by atoms with Crippen LogP contribution in [0.5, 0.6) is 0 Å². The summed E-state index contributed by atoms with van der Waals surface area (Å²) in [5.74, 6) is -0.191. The van der Waals surface area contributed by atoms with E-state index in [4.69, 9.17) is 23.4 Å². The zero-order valence-electron chi connectivity index (χ0n) is 19.8. The van der Waals surface area contributed by atoms with E-state index in [9.17, 15) is 32.9 Å². The topological polar surface area (TPSA) is 173 Å². The number of nitrogens with zero attached hydrogens (tertiary/aromatic N) is 3. The van der Waals surface area contributed by atoms with Crippen LogP contribution in [0.15, 0.2) is 24.3 Å². The summed E-state index contributed by atoms with van der Waals surface area (Å²) in [6, 6.07) is 5.75. The fraction of sp³-hybridized carbons (Fsp3) is 0.600. The fourth-order valence-electron chi connectivity index (χ4n) is 3.93. The lowest BCUT2D eigenvalue weighted by Crippen LogP contribution is -2.69. The molecule has 2 fully saturated rings. The summed E-state index contributed by atoms with van der Waals surface area (Å²) >= 11 is 4.54. The van der Waals surface area contributed by atoms with E-state index >= 15 is 0 Å². The van der Waals surface area contributed by atoms with E-state index in [-0.39, 0.29) is 24.7 Å². The molecule has 2 aliphatic rings. The summed E-state index contributed by atoms with van der Waals surface area (Å²) in [6.07, 6.45) is 1.20. The Bertz CT molecular complexity index is 1130. The molecule has 2 saturated heterocycles. The van der Waals surface area contributed by atoms with Crippen LogP contribution in [0.2, 0.25) is 0 Å². The van der Waals surface area contributed by atoms with Crippen LogP contribution >= 0.6 is 12.6 Å². The number of non-ortho nitro benzene ring substituents is 1. The minimum Gasteiger partial charge on any atom is -0.445 e. The molecule has 0 radical (unpaired) electrons. The van der Waals surface area contributed by atoms with Crippen LogP contribution in [0, 0.1) is 10.1 Å². The molecule has 0 aliphatic carbocycles. The number of halogens is 3. The van der Waals surface area contributed by atoms with Crippen molar-refractivity contribution in [1.29, 1.82) is 0 Å². The third kappa shape index (κ3) is 6.45. The van der Waals surface area contributed by atoms with Crippen LogP contribution < -0.4 is 5.73 Å². The first-order valence-corrected chi connectivity index (χ1v) is 12.8. The molecule has 3 rings (SSSR count). The number of nitro benzene ring substituents is 1. The number of thiol groups is 1. The van der Waals surface area contributed by atoms with Gasteiger partial charge in [0.15, 0.2) is 0 Å². The van der Waals surface area contributed by atoms with E-state index in [0.717, 1.165) is 12.8 Å². The highest BCUT2D eigenvalue weighted by Gasteiger charge is 2.63. The molecule has 2 aliphatic heterocycles. The molecular weight excluding hydrogens is 545 g/mol. The number of rotatable bonds is 4. The molecular formula is C20H27F3N4O8S2. The quantitative estimate of drug-likeness (QED) is 0.161. The summed E-state index contributed by atoms with van der Waals surface area (Å²) in [5, 5.41) is 10.3. The molecule has 0 saturated carbocycles. The third-order valence-electron chi connectivity index (χ3n) is 6.47. The monoisotopic (exact) mass is 572 g/mol. The minimum atomic E-state index is -5.84. The maximum atomic E-state index is 13.3. The van der Waals surface area contributed by atoms with E-state index in [1.165, 1.54) is 29.2 Å². The first-order chi connectivity index (χ1) is 16.8. The number of ether oxygens (including phenoxy) is 1. The van der Waals surface area contributed by atoms with Crippen molar-refractivity contribution in [1.82, 2.24) is 9.80 Å². The van der Waals surface area contributed by atoms with Crippen molar-refractivity contribution < 1.29 is 45.4 Å². The molecule has 3 N–H and O–H groups in total. The summed E-state index contributed by atoms with van der Waals surface area (Å²) in [6.45, 7) is 4.82. The van der Waals surface area contributed by atoms with Gasteiger partial charge >= 0.3 is 21.7 Å². The number of amides is 2. The fourth-order valence-corrected chi connectivity index (χ4v) is 4.34. The molecule has 12 nitrogen and oxygen atoms in total. The van der Waals surface area contributed by atoms with Crippen molar-refractivity contribution in [2.24, 2.45) is 5.73 Å². The average Bonchev–Trinajstić information content (AvgIpc) is 3.39. The van der Waals surface area contributed by atoms with Gasteiger partial charge in [0.25, 0.3) is 5.69 Å². The molecule has 0 bridgehead atoms. The zero-order chi connectivity index (χ0) is 28.4. The van der Waals surface area contributed by atoms with E-state index in [1.807, 2.05) is 0 Å². The van der Waals surface area contributed by atoms with Gasteiger partial charge in [-0.25, -0.2) is 4.79 Å². The Morgan fingerprint density at radius 2 is 1.73 bits per heavy atom. The SMILES string of the molecule is C[C@]1(C(=O)N2CCCC2)N(C(=O)OCc2ccc([N+](=O)[O-])cc2)C[C@H](S)[C@@]1(C)N.O=S(=O)(O)C(F)(F)F. The molecule has 2 amide bonds. The Hall–Kier alpha value is -2.63. The van der Waals surface area contributed by atoms with Crippen LogP contribution in [0.3, 0.4) is 0 Å². The molecule has 3 atom stereocenters. The van der Waals surface area contributed by atoms with Gasteiger partial charge in [-0.05, 0) is 44.4 Å². The number of benzene rings is 1. The number of likely N-dealkylation sites (tertiary alicyclic amines) is 2. The van der Waals surface area contributed by atoms with Gasteiger partial charge in [0.1, 0.15) is 12.1 Å². The average molecular weight is 573 g/mol. The number of hydrogen-bond donors (Lipinski definition) is 3. The summed E-state index contributed by atoms with van der Waals surface area (Å²) < 4.78 is 63.0. The highest BCUT2D eigenvalue weighted by atomic mass is 32.2. The number of hydrogen-bond acceptors (Lipinski definition) is 9. The third-order valence-corrected chi connectivity index (χ3v) is 7.75. The molecule has 1 aromatic rings. The van der Waals surface area contributed by atoms with Crippen molar-refractivity contribution in [3.05, 3.63) is 39.9 Å². The van der Waals surface area contributed by atoms with Crippen LogP contribution in [-0.2, 0) is 26.3 Å². The molecule has 0 unspecified atom stereocenters. The van der Waals surface area contributed by atoms with Gasteiger partial charge in [-0.2, -0.15) is 34.2 Å². The van der Waals surface area contributed by atoms with Crippen LogP contribution in [0.4, 0.5) is 23.7 Å². The number of nitrogens with two attached hydrogens (primary N) is 1. The van der Waals surface area contributed by atoms with Crippen molar-refractivity contribution in [2.75, 3.05) is 19.6 Å². The van der Waals surface area contributed by atoms with Gasteiger partial charge in [-0.1, -0.05) is 0 Å². The lowest BCUT2D eigenvalue weighted by molar-refractivity contribution is -0.384. The second-order valence-corrected chi connectivity index (χ2v) is 10.9. The summed E-state index contributed by atoms with van der Waals surface area (Å²) in [7, 11) is -5.84. The lowest BCUT2D eigenvalue weighted by Gasteiger charge is -2.43. The molecule has 0 spiro atoms. The maximum Gasteiger partial charge on any atom is 0.522 e. The van der Waals surface area contributed by atoms with Gasteiger partial charge in [0.05, 0.1) is 10.5 Å². The zero-order valence-corrected chi connectivity index (χ0v) is 21.6. The van der Waals surface area contributed by atoms with E-state index < -0.39 is 43.0 Å². The molecule has 208 valence electrons. The molecule has 1 aromatic carbocycles. The Kier molecular flexibility index (Phi) is 9.10. The van der Waals surface area contributed by atoms with Gasteiger partial charge < -0.3 is 15.4 Å². The van der Waals surface area contributed by atoms with E-state index in [2.05, 4.69) is 12.6 Å². The number of alkyl halides is 3. The Morgan fingerprint density at radius 3 is 2.16 bits per heavy atom. The van der Waals surface area contributed by atoms with Gasteiger partial charge in [-0.15, -0.1) is 0 Å². The van der Waals surface area contributed by atoms with E-state index in [1.54, 1.807) is 18.7 Å². The second kappa shape index (κ2) is 11.0. The van der Waals surface area contributed by atoms with Crippen LogP contribution in [0.1, 0.15) is 32.3 Å². The highest BCUT2D eigenvalue weighted by molar-refractivity contribution is 7.86. The smallest absolute Gasteiger partial charge is 0.445 e. The van der Waals surface area contributed by atoms with E-state index in [0.29, 0.717) is 18.7 Å².